The highest BCUT2D eigenvalue weighted by Crippen LogP contribution is 2.30. The van der Waals surface area contributed by atoms with E-state index >= 15 is 0 Å². The molecule has 2 aliphatic rings. The molecule has 2 nitrogen and oxygen atoms in total. The van der Waals surface area contributed by atoms with Gasteiger partial charge >= 0.3 is 0 Å². The summed E-state index contributed by atoms with van der Waals surface area (Å²) in [6, 6.07) is 5.79. The molecule has 1 atom stereocenters. The average molecular weight is 269 g/mol. The van der Waals surface area contributed by atoms with Crippen LogP contribution >= 0.6 is 11.6 Å². The third-order valence-electron chi connectivity index (χ3n) is 4.12. The SMILES string of the molecule is Fc1cccc(CCl)c1N1CCN2CCCC2C1. The van der Waals surface area contributed by atoms with Crippen LogP contribution in [-0.4, -0.2) is 37.1 Å². The standard InChI is InChI=1S/C14H18ClFN2/c15-9-11-3-1-5-13(16)14(11)18-8-7-17-6-2-4-12(17)10-18/h1,3,5,12H,2,4,6-10H2. The van der Waals surface area contributed by atoms with E-state index in [0.717, 1.165) is 30.9 Å². The van der Waals surface area contributed by atoms with Crippen LogP contribution in [0.3, 0.4) is 0 Å². The number of para-hydroxylation sites is 1. The van der Waals surface area contributed by atoms with Crippen LogP contribution in [0.2, 0.25) is 0 Å². The first kappa shape index (κ1) is 12.2. The molecule has 0 amide bonds. The van der Waals surface area contributed by atoms with Gasteiger partial charge in [0.05, 0.1) is 5.69 Å². The maximum Gasteiger partial charge on any atom is 0.146 e. The molecule has 0 spiro atoms. The number of piperazine rings is 1. The lowest BCUT2D eigenvalue weighted by Crippen LogP contribution is -2.50. The summed E-state index contributed by atoms with van der Waals surface area (Å²) in [6.07, 6.45) is 2.51. The van der Waals surface area contributed by atoms with Gasteiger partial charge in [-0.25, -0.2) is 4.39 Å². The van der Waals surface area contributed by atoms with Crippen molar-refractivity contribution in [3.05, 3.63) is 29.6 Å². The number of hydrogen-bond acceptors (Lipinski definition) is 2. The van der Waals surface area contributed by atoms with Gasteiger partial charge in [0.15, 0.2) is 0 Å². The predicted octanol–water partition coefficient (Wildman–Crippen LogP) is 2.85. The van der Waals surface area contributed by atoms with Gasteiger partial charge in [0.1, 0.15) is 5.82 Å². The van der Waals surface area contributed by atoms with Gasteiger partial charge in [-0.2, -0.15) is 0 Å². The molecule has 0 radical (unpaired) electrons. The minimum atomic E-state index is -0.139. The van der Waals surface area contributed by atoms with E-state index in [1.165, 1.54) is 25.5 Å². The number of nitrogens with zero attached hydrogens (tertiary/aromatic N) is 2. The van der Waals surface area contributed by atoms with Crippen molar-refractivity contribution in [1.82, 2.24) is 4.90 Å². The quantitative estimate of drug-likeness (QED) is 0.761. The van der Waals surface area contributed by atoms with Crippen molar-refractivity contribution in [2.75, 3.05) is 31.1 Å². The molecule has 2 aliphatic heterocycles. The highest BCUT2D eigenvalue weighted by atomic mass is 35.5. The van der Waals surface area contributed by atoms with E-state index in [1.54, 1.807) is 6.07 Å². The molecule has 18 heavy (non-hydrogen) atoms. The molecular formula is C14H18ClFN2. The minimum Gasteiger partial charge on any atom is -0.366 e. The second kappa shape index (κ2) is 5.06. The maximum atomic E-state index is 14.1. The molecule has 1 aromatic rings. The minimum absolute atomic E-state index is 0.139. The summed E-state index contributed by atoms with van der Waals surface area (Å²) < 4.78 is 14.1. The first-order chi connectivity index (χ1) is 8.79. The lowest BCUT2D eigenvalue weighted by atomic mass is 10.1. The molecule has 1 aromatic carbocycles. The molecule has 2 saturated heterocycles. The topological polar surface area (TPSA) is 6.48 Å². The number of anilines is 1. The second-order valence-corrected chi connectivity index (χ2v) is 5.43. The number of rotatable bonds is 2. The van der Waals surface area contributed by atoms with Crippen molar-refractivity contribution in [3.63, 3.8) is 0 Å². The van der Waals surface area contributed by atoms with Gasteiger partial charge in [0.2, 0.25) is 0 Å². The van der Waals surface area contributed by atoms with Crippen LogP contribution in [0.1, 0.15) is 18.4 Å². The van der Waals surface area contributed by atoms with Crippen molar-refractivity contribution < 1.29 is 4.39 Å². The summed E-state index contributed by atoms with van der Waals surface area (Å²) in [5.74, 6) is 0.234. The summed E-state index contributed by atoms with van der Waals surface area (Å²) in [5.41, 5.74) is 1.63. The fourth-order valence-corrected chi connectivity index (χ4v) is 3.43. The van der Waals surface area contributed by atoms with Gasteiger partial charge in [-0.1, -0.05) is 12.1 Å². The fourth-order valence-electron chi connectivity index (χ4n) is 3.22. The van der Waals surface area contributed by atoms with E-state index in [-0.39, 0.29) is 5.82 Å². The van der Waals surface area contributed by atoms with Crippen LogP contribution in [0.15, 0.2) is 18.2 Å². The van der Waals surface area contributed by atoms with Crippen molar-refractivity contribution >= 4 is 17.3 Å². The Balaban J connectivity index is 1.86. The molecule has 4 heteroatoms. The Bertz CT molecular complexity index is 438. The van der Waals surface area contributed by atoms with E-state index in [0.29, 0.717) is 11.9 Å². The van der Waals surface area contributed by atoms with E-state index in [4.69, 9.17) is 11.6 Å². The van der Waals surface area contributed by atoms with Crippen LogP contribution < -0.4 is 4.90 Å². The Morgan fingerprint density at radius 3 is 3.00 bits per heavy atom. The first-order valence-electron chi connectivity index (χ1n) is 6.62. The average Bonchev–Trinajstić information content (AvgIpc) is 2.85. The van der Waals surface area contributed by atoms with Crippen LogP contribution in [0.25, 0.3) is 0 Å². The number of halogens is 2. The third-order valence-corrected chi connectivity index (χ3v) is 4.41. The lowest BCUT2D eigenvalue weighted by Gasteiger charge is -2.39. The largest absolute Gasteiger partial charge is 0.366 e. The first-order valence-corrected chi connectivity index (χ1v) is 7.15. The van der Waals surface area contributed by atoms with E-state index in [1.807, 2.05) is 6.07 Å². The molecule has 0 aromatic heterocycles. The van der Waals surface area contributed by atoms with Gasteiger partial charge in [0.25, 0.3) is 0 Å². The zero-order valence-electron chi connectivity index (χ0n) is 10.4. The molecule has 2 fully saturated rings. The lowest BCUT2D eigenvalue weighted by molar-refractivity contribution is 0.230. The van der Waals surface area contributed by atoms with Gasteiger partial charge in [-0.15, -0.1) is 11.6 Å². The van der Waals surface area contributed by atoms with Crippen molar-refractivity contribution in [3.8, 4) is 0 Å². The predicted molar refractivity (Wildman–Crippen MR) is 72.8 cm³/mol. The van der Waals surface area contributed by atoms with Crippen LogP contribution in [0.4, 0.5) is 10.1 Å². The van der Waals surface area contributed by atoms with Gasteiger partial charge in [-0.05, 0) is 31.0 Å². The molecular weight excluding hydrogens is 251 g/mol. The highest BCUT2D eigenvalue weighted by Gasteiger charge is 2.32. The molecule has 0 aliphatic carbocycles. The monoisotopic (exact) mass is 268 g/mol. The molecule has 0 bridgehead atoms. The molecule has 98 valence electrons. The van der Waals surface area contributed by atoms with Gasteiger partial charge in [0, 0.05) is 31.6 Å². The van der Waals surface area contributed by atoms with Crippen molar-refractivity contribution in [1.29, 1.82) is 0 Å². The number of fused-ring (bicyclic) bond motifs is 1. The molecule has 0 saturated carbocycles. The van der Waals surface area contributed by atoms with Crippen molar-refractivity contribution in [2.45, 2.75) is 24.8 Å². The highest BCUT2D eigenvalue weighted by molar-refractivity contribution is 6.17. The summed E-state index contributed by atoms with van der Waals surface area (Å²) in [5, 5.41) is 0. The zero-order valence-corrected chi connectivity index (χ0v) is 11.2. The Labute approximate surface area is 112 Å². The van der Waals surface area contributed by atoms with Crippen molar-refractivity contribution in [2.24, 2.45) is 0 Å². The molecule has 3 rings (SSSR count). The van der Waals surface area contributed by atoms with Gasteiger partial charge < -0.3 is 4.90 Å². The summed E-state index contributed by atoms with van der Waals surface area (Å²) in [7, 11) is 0. The normalized spacial score (nSPS) is 24.3. The van der Waals surface area contributed by atoms with Crippen LogP contribution in [-0.2, 0) is 5.88 Å². The van der Waals surface area contributed by atoms with E-state index < -0.39 is 0 Å². The number of hydrogen-bond donors (Lipinski definition) is 0. The van der Waals surface area contributed by atoms with Gasteiger partial charge in [-0.3, -0.25) is 4.90 Å². The second-order valence-electron chi connectivity index (χ2n) is 5.16. The molecule has 1 unspecified atom stereocenters. The molecule has 0 N–H and O–H groups in total. The smallest absolute Gasteiger partial charge is 0.146 e. The Kier molecular flexibility index (Phi) is 3.44. The Hall–Kier alpha value is -0.800. The van der Waals surface area contributed by atoms with E-state index in [9.17, 15) is 4.39 Å². The number of alkyl halides is 1. The summed E-state index contributed by atoms with van der Waals surface area (Å²) in [4.78, 5) is 4.71. The Morgan fingerprint density at radius 1 is 1.28 bits per heavy atom. The maximum absolute atomic E-state index is 14.1. The number of benzene rings is 1. The third kappa shape index (κ3) is 2.10. The Morgan fingerprint density at radius 2 is 2.17 bits per heavy atom. The van der Waals surface area contributed by atoms with E-state index in [2.05, 4.69) is 9.80 Å². The van der Waals surface area contributed by atoms with Crippen LogP contribution in [0, 0.1) is 5.82 Å². The van der Waals surface area contributed by atoms with Crippen LogP contribution in [0.5, 0.6) is 0 Å². The summed E-state index contributed by atoms with van der Waals surface area (Å²) in [6.45, 7) is 4.09. The fraction of sp³-hybridized carbons (Fsp3) is 0.571. The molecule has 2 heterocycles. The zero-order chi connectivity index (χ0) is 12.5. The summed E-state index contributed by atoms with van der Waals surface area (Å²) >= 11 is 5.93.